The molecule has 0 unspecified atom stereocenters. The van der Waals surface area contributed by atoms with Crippen LogP contribution in [0.15, 0.2) is 18.3 Å². The molecule has 1 aromatic heterocycles. The third-order valence-electron chi connectivity index (χ3n) is 3.21. The molecule has 0 saturated carbocycles. The van der Waals surface area contributed by atoms with E-state index in [9.17, 15) is 4.79 Å². The van der Waals surface area contributed by atoms with E-state index in [0.29, 0.717) is 11.6 Å². The smallest absolute Gasteiger partial charge is 0.310 e. The Morgan fingerprint density at radius 3 is 2.84 bits per heavy atom. The van der Waals surface area contributed by atoms with E-state index >= 15 is 0 Å². The van der Waals surface area contributed by atoms with Gasteiger partial charge in [-0.15, -0.1) is 0 Å². The lowest BCUT2D eigenvalue weighted by Gasteiger charge is -2.06. The molecule has 102 valence electrons. The number of halogens is 1. The second-order valence-corrected chi connectivity index (χ2v) is 4.80. The number of methoxy groups -OCH3 is 1. The highest BCUT2D eigenvalue weighted by atomic mass is 35.5. The van der Waals surface area contributed by atoms with E-state index in [0.717, 1.165) is 22.0 Å². The average Bonchev–Trinajstić information content (AvgIpc) is 2.73. The molecule has 0 bridgehead atoms. The minimum absolute atomic E-state index is 0.0351. The number of aromatic nitrogens is 1. The summed E-state index contributed by atoms with van der Waals surface area (Å²) in [5, 5.41) is 10.8. The summed E-state index contributed by atoms with van der Waals surface area (Å²) in [5.41, 5.74) is 2.79. The van der Waals surface area contributed by atoms with Crippen molar-refractivity contribution < 1.29 is 14.6 Å². The van der Waals surface area contributed by atoms with Crippen molar-refractivity contribution >= 4 is 28.5 Å². The Labute approximate surface area is 116 Å². The van der Waals surface area contributed by atoms with Crippen LogP contribution in [-0.4, -0.2) is 29.4 Å². The minimum Gasteiger partial charge on any atom is -0.469 e. The fraction of sp³-hybridized carbons (Fsp3) is 0.357. The van der Waals surface area contributed by atoms with Crippen LogP contribution in [0.25, 0.3) is 10.9 Å². The van der Waals surface area contributed by atoms with Crippen molar-refractivity contribution in [3.63, 3.8) is 0 Å². The van der Waals surface area contributed by atoms with Gasteiger partial charge in [-0.05, 0) is 24.1 Å². The zero-order chi connectivity index (χ0) is 14.0. The Bertz CT molecular complexity index is 619. The summed E-state index contributed by atoms with van der Waals surface area (Å²) in [6, 6.07) is 3.72. The van der Waals surface area contributed by atoms with E-state index in [-0.39, 0.29) is 19.0 Å². The maximum atomic E-state index is 11.4. The number of aryl methyl sites for hydroxylation is 1. The monoisotopic (exact) mass is 281 g/mol. The van der Waals surface area contributed by atoms with Gasteiger partial charge in [-0.3, -0.25) is 4.79 Å². The predicted molar refractivity (Wildman–Crippen MR) is 74.5 cm³/mol. The number of benzene rings is 1. The number of ether oxygens (including phenoxy) is 1. The number of carbonyl (C=O) groups excluding carboxylic acids is 1. The first-order valence-corrected chi connectivity index (χ1v) is 6.40. The van der Waals surface area contributed by atoms with Gasteiger partial charge in [0.25, 0.3) is 0 Å². The van der Waals surface area contributed by atoms with Crippen molar-refractivity contribution in [1.29, 1.82) is 0 Å². The SMILES string of the molecule is COC(=O)Cc1cn(CCO)c2c(C)c(Cl)ccc12. The van der Waals surface area contributed by atoms with Gasteiger partial charge in [0.05, 0.1) is 25.7 Å². The van der Waals surface area contributed by atoms with Crippen LogP contribution >= 0.6 is 11.6 Å². The molecule has 0 saturated heterocycles. The summed E-state index contributed by atoms with van der Waals surface area (Å²) in [4.78, 5) is 11.4. The second kappa shape index (κ2) is 5.63. The first kappa shape index (κ1) is 13.9. The predicted octanol–water partition coefficient (Wildman–Crippen LogP) is 2.31. The van der Waals surface area contributed by atoms with Crippen molar-refractivity contribution in [3.8, 4) is 0 Å². The number of fused-ring (bicyclic) bond motifs is 1. The van der Waals surface area contributed by atoms with Crippen molar-refractivity contribution in [2.75, 3.05) is 13.7 Å². The summed E-state index contributed by atoms with van der Waals surface area (Å²) in [6.07, 6.45) is 2.09. The van der Waals surface area contributed by atoms with E-state index in [1.807, 2.05) is 29.8 Å². The number of carbonyl (C=O) groups is 1. The van der Waals surface area contributed by atoms with Crippen LogP contribution in [0.4, 0.5) is 0 Å². The summed E-state index contributed by atoms with van der Waals surface area (Å²) >= 11 is 6.13. The second-order valence-electron chi connectivity index (χ2n) is 4.39. The van der Waals surface area contributed by atoms with E-state index in [2.05, 4.69) is 0 Å². The van der Waals surface area contributed by atoms with Gasteiger partial charge in [0.1, 0.15) is 0 Å². The van der Waals surface area contributed by atoms with Crippen LogP contribution < -0.4 is 0 Å². The first-order valence-electron chi connectivity index (χ1n) is 6.03. The topological polar surface area (TPSA) is 51.5 Å². The van der Waals surface area contributed by atoms with E-state index in [1.54, 1.807) is 0 Å². The first-order chi connectivity index (χ1) is 9.08. The fourth-order valence-corrected chi connectivity index (χ4v) is 2.43. The number of nitrogens with zero attached hydrogens (tertiary/aromatic N) is 1. The molecule has 0 aliphatic heterocycles. The molecule has 0 amide bonds. The van der Waals surface area contributed by atoms with Crippen molar-refractivity contribution in [2.45, 2.75) is 19.9 Å². The minimum atomic E-state index is -0.282. The molecule has 19 heavy (non-hydrogen) atoms. The molecule has 0 spiro atoms. The molecule has 2 rings (SSSR count). The molecule has 1 aromatic carbocycles. The molecule has 0 radical (unpaired) electrons. The largest absolute Gasteiger partial charge is 0.469 e. The van der Waals surface area contributed by atoms with E-state index in [4.69, 9.17) is 21.4 Å². The van der Waals surface area contributed by atoms with Crippen LogP contribution in [0.5, 0.6) is 0 Å². The lowest BCUT2D eigenvalue weighted by Crippen LogP contribution is -2.04. The number of esters is 1. The summed E-state index contributed by atoms with van der Waals surface area (Å²) in [5.74, 6) is -0.282. The average molecular weight is 282 g/mol. The summed E-state index contributed by atoms with van der Waals surface area (Å²) in [7, 11) is 1.37. The molecule has 5 heteroatoms. The van der Waals surface area contributed by atoms with Crippen LogP contribution in [0.1, 0.15) is 11.1 Å². The van der Waals surface area contributed by atoms with Crippen LogP contribution in [0.2, 0.25) is 5.02 Å². The highest BCUT2D eigenvalue weighted by Gasteiger charge is 2.14. The van der Waals surface area contributed by atoms with Crippen molar-refractivity contribution in [1.82, 2.24) is 4.57 Å². The molecule has 1 heterocycles. The molecule has 4 nitrogen and oxygen atoms in total. The fourth-order valence-electron chi connectivity index (χ4n) is 2.28. The van der Waals surface area contributed by atoms with E-state index < -0.39 is 0 Å². The van der Waals surface area contributed by atoms with Crippen LogP contribution in [0, 0.1) is 6.92 Å². The van der Waals surface area contributed by atoms with Crippen LogP contribution in [0.3, 0.4) is 0 Å². The van der Waals surface area contributed by atoms with Gasteiger partial charge >= 0.3 is 5.97 Å². The maximum Gasteiger partial charge on any atom is 0.310 e. The van der Waals surface area contributed by atoms with Gasteiger partial charge in [-0.25, -0.2) is 0 Å². The summed E-state index contributed by atoms with van der Waals surface area (Å²) < 4.78 is 6.63. The van der Waals surface area contributed by atoms with Crippen molar-refractivity contribution in [3.05, 3.63) is 34.5 Å². The molecule has 0 aliphatic carbocycles. The van der Waals surface area contributed by atoms with Gasteiger partial charge < -0.3 is 14.4 Å². The normalized spacial score (nSPS) is 10.9. The number of aliphatic hydroxyl groups is 1. The van der Waals surface area contributed by atoms with Crippen molar-refractivity contribution in [2.24, 2.45) is 0 Å². The van der Waals surface area contributed by atoms with Gasteiger partial charge in [0.2, 0.25) is 0 Å². The molecule has 2 aromatic rings. The van der Waals surface area contributed by atoms with E-state index in [1.165, 1.54) is 7.11 Å². The number of rotatable bonds is 4. The summed E-state index contributed by atoms with van der Waals surface area (Å²) in [6.45, 7) is 2.44. The molecule has 1 N–H and O–H groups in total. The quantitative estimate of drug-likeness (QED) is 0.875. The molecular weight excluding hydrogens is 266 g/mol. The van der Waals surface area contributed by atoms with Gasteiger partial charge in [0.15, 0.2) is 0 Å². The Morgan fingerprint density at radius 1 is 1.47 bits per heavy atom. The number of hydrogen-bond acceptors (Lipinski definition) is 3. The Kier molecular flexibility index (Phi) is 4.12. The zero-order valence-electron chi connectivity index (χ0n) is 10.9. The Balaban J connectivity index is 2.60. The lowest BCUT2D eigenvalue weighted by molar-refractivity contribution is -0.139. The number of hydrogen-bond donors (Lipinski definition) is 1. The maximum absolute atomic E-state index is 11.4. The molecule has 0 atom stereocenters. The number of aliphatic hydroxyl groups excluding tert-OH is 1. The van der Waals surface area contributed by atoms with Gasteiger partial charge in [-0.1, -0.05) is 17.7 Å². The standard InChI is InChI=1S/C14H16ClNO3/c1-9-12(15)4-3-11-10(7-13(18)19-2)8-16(5-6-17)14(9)11/h3-4,8,17H,5-7H2,1-2H3. The Hall–Kier alpha value is -1.52. The molecule has 0 fully saturated rings. The third kappa shape index (κ3) is 2.60. The zero-order valence-corrected chi connectivity index (χ0v) is 11.7. The van der Waals surface area contributed by atoms with Gasteiger partial charge in [-0.2, -0.15) is 0 Å². The Morgan fingerprint density at radius 2 is 2.21 bits per heavy atom. The van der Waals surface area contributed by atoms with Crippen LogP contribution in [-0.2, 0) is 22.5 Å². The highest BCUT2D eigenvalue weighted by Crippen LogP contribution is 2.29. The highest BCUT2D eigenvalue weighted by molar-refractivity contribution is 6.32. The molecular formula is C14H16ClNO3. The van der Waals surface area contributed by atoms with Gasteiger partial charge in [0, 0.05) is 23.2 Å². The molecule has 0 aliphatic rings. The lowest BCUT2D eigenvalue weighted by atomic mass is 10.1. The third-order valence-corrected chi connectivity index (χ3v) is 3.62.